The summed E-state index contributed by atoms with van der Waals surface area (Å²) < 4.78 is 5.13. The van der Waals surface area contributed by atoms with Crippen molar-refractivity contribution >= 4 is 59.0 Å². The minimum atomic E-state index is -0.629. The molecule has 164 valence electrons. The van der Waals surface area contributed by atoms with Gasteiger partial charge in [0, 0.05) is 30.0 Å². The molecule has 4 rings (SSSR count). The van der Waals surface area contributed by atoms with Crippen LogP contribution in [0.4, 0.5) is 17.2 Å². The van der Waals surface area contributed by atoms with E-state index < -0.39 is 11.8 Å². The lowest BCUT2D eigenvalue weighted by Crippen LogP contribution is -2.24. The summed E-state index contributed by atoms with van der Waals surface area (Å²) in [6, 6.07) is 10.1. The van der Waals surface area contributed by atoms with Crippen LogP contribution < -0.4 is 15.5 Å². The number of rotatable bonds is 5. The van der Waals surface area contributed by atoms with Gasteiger partial charge in [-0.15, -0.1) is 12.4 Å². The zero-order valence-electron chi connectivity index (χ0n) is 16.4. The average Bonchev–Trinajstić information content (AvgIpc) is 3.21. The third kappa shape index (κ3) is 5.10. The first-order valence-corrected chi connectivity index (χ1v) is 9.53. The molecule has 0 atom stereocenters. The number of nitrogens with zero attached hydrogens (tertiary/aromatic N) is 4. The molecule has 0 aliphatic carbocycles. The van der Waals surface area contributed by atoms with E-state index in [-0.39, 0.29) is 35.6 Å². The topological polar surface area (TPSA) is 133 Å². The molecule has 0 spiro atoms. The van der Waals surface area contributed by atoms with Crippen LogP contribution in [0.1, 0.15) is 21.0 Å². The lowest BCUT2D eigenvalue weighted by Gasteiger charge is -2.15. The number of aromatic nitrogens is 3. The Hall–Kier alpha value is -3.76. The van der Waals surface area contributed by atoms with Crippen molar-refractivity contribution in [2.75, 3.05) is 28.7 Å². The smallest absolute Gasteiger partial charge is 0.289 e. The summed E-state index contributed by atoms with van der Waals surface area (Å²) >= 11 is 5.79. The fourth-order valence-electron chi connectivity index (χ4n) is 2.87. The number of hydrogen-bond donors (Lipinski definition) is 3. The summed E-state index contributed by atoms with van der Waals surface area (Å²) in [7, 11) is 0. The van der Waals surface area contributed by atoms with Crippen molar-refractivity contribution in [3.63, 3.8) is 0 Å². The van der Waals surface area contributed by atoms with Crippen molar-refractivity contribution in [2.24, 2.45) is 0 Å². The summed E-state index contributed by atoms with van der Waals surface area (Å²) in [6.07, 6.45) is 4.04. The molecular weight excluding hydrogens is 457 g/mol. The Kier molecular flexibility index (Phi) is 7.18. The molecule has 1 aromatic carbocycles. The van der Waals surface area contributed by atoms with Gasteiger partial charge in [0.05, 0.1) is 11.6 Å². The highest BCUT2D eigenvalue weighted by Gasteiger charge is 2.22. The molecule has 10 nitrogen and oxygen atoms in total. The van der Waals surface area contributed by atoms with Gasteiger partial charge in [-0.1, -0.05) is 11.6 Å². The largest absolute Gasteiger partial charge is 0.463 e. The normalized spacial score (nSPS) is 12.5. The molecule has 3 heterocycles. The second kappa shape index (κ2) is 10.0. The maximum absolute atomic E-state index is 12.7. The molecule has 0 unspecified atom stereocenters. The SMILES string of the molecule is Cl.N=C1OCCN1c1ccc(NC(=O)c2nccnc2C(=O)Nc2ccc(Cl)cn2)cc1. The predicted molar refractivity (Wildman–Crippen MR) is 122 cm³/mol. The maximum atomic E-state index is 12.7. The molecule has 0 bridgehead atoms. The summed E-state index contributed by atoms with van der Waals surface area (Å²) in [5.41, 5.74) is 0.996. The number of amides is 2. The van der Waals surface area contributed by atoms with E-state index in [1.807, 2.05) is 0 Å². The number of benzene rings is 1. The van der Waals surface area contributed by atoms with E-state index in [0.29, 0.717) is 23.9 Å². The molecule has 32 heavy (non-hydrogen) atoms. The van der Waals surface area contributed by atoms with E-state index in [0.717, 1.165) is 5.69 Å². The molecule has 0 saturated carbocycles. The number of hydrogen-bond acceptors (Lipinski definition) is 7. The van der Waals surface area contributed by atoms with Gasteiger partial charge in [-0.3, -0.25) is 19.9 Å². The molecule has 2 aromatic heterocycles. The molecule has 1 aliphatic rings. The van der Waals surface area contributed by atoms with E-state index in [1.54, 1.807) is 35.2 Å². The van der Waals surface area contributed by atoms with Crippen LogP contribution in [0.25, 0.3) is 0 Å². The van der Waals surface area contributed by atoms with Crippen molar-refractivity contribution in [2.45, 2.75) is 0 Å². The van der Waals surface area contributed by atoms with Crippen molar-refractivity contribution < 1.29 is 14.3 Å². The standard InChI is InChI=1S/C20H16ClN7O3.ClH/c21-12-1-6-15(25-11-12)27-19(30)17-16(23-7-8-24-17)18(29)26-13-2-4-14(5-3-13)28-9-10-31-20(28)22;/h1-8,11,22H,9-10H2,(H,26,29)(H,25,27,30);1H. The lowest BCUT2D eigenvalue weighted by molar-refractivity contribution is 0.0982. The summed E-state index contributed by atoms with van der Waals surface area (Å²) in [5.74, 6) is -0.957. The van der Waals surface area contributed by atoms with E-state index in [2.05, 4.69) is 25.6 Å². The lowest BCUT2D eigenvalue weighted by atomic mass is 10.2. The van der Waals surface area contributed by atoms with Gasteiger partial charge in [-0.05, 0) is 36.4 Å². The van der Waals surface area contributed by atoms with Gasteiger partial charge in [-0.25, -0.2) is 15.0 Å². The molecule has 1 aliphatic heterocycles. The number of carbonyl (C=O) groups is 2. The number of anilines is 3. The molecule has 3 aromatic rings. The van der Waals surface area contributed by atoms with Crippen LogP contribution in [-0.4, -0.2) is 45.9 Å². The molecule has 12 heteroatoms. The fourth-order valence-corrected chi connectivity index (χ4v) is 2.98. The Labute approximate surface area is 193 Å². The second-order valence-corrected chi connectivity index (χ2v) is 6.81. The predicted octanol–water partition coefficient (Wildman–Crippen LogP) is 3.22. The molecule has 0 radical (unpaired) electrons. The summed E-state index contributed by atoms with van der Waals surface area (Å²) in [5, 5.41) is 13.4. The zero-order chi connectivity index (χ0) is 21.8. The average molecular weight is 474 g/mol. The number of pyridine rings is 1. The molecule has 1 fully saturated rings. The van der Waals surface area contributed by atoms with Crippen molar-refractivity contribution in [1.82, 2.24) is 15.0 Å². The van der Waals surface area contributed by atoms with E-state index in [4.69, 9.17) is 21.7 Å². The first-order valence-electron chi connectivity index (χ1n) is 9.15. The number of carbonyl (C=O) groups excluding carboxylic acids is 2. The van der Waals surface area contributed by atoms with Crippen LogP contribution in [0.2, 0.25) is 5.02 Å². The van der Waals surface area contributed by atoms with Crippen LogP contribution in [0.3, 0.4) is 0 Å². The zero-order valence-corrected chi connectivity index (χ0v) is 18.0. The fraction of sp³-hybridized carbons (Fsp3) is 0.100. The van der Waals surface area contributed by atoms with Crippen molar-refractivity contribution in [3.8, 4) is 0 Å². The highest BCUT2D eigenvalue weighted by atomic mass is 35.5. The van der Waals surface area contributed by atoms with Gasteiger partial charge in [0.25, 0.3) is 17.8 Å². The van der Waals surface area contributed by atoms with Crippen LogP contribution in [0.15, 0.2) is 55.0 Å². The van der Waals surface area contributed by atoms with Gasteiger partial charge in [0.1, 0.15) is 12.4 Å². The Balaban J connectivity index is 0.00000289. The van der Waals surface area contributed by atoms with E-state index in [9.17, 15) is 9.59 Å². The minimum absolute atomic E-state index is 0. The maximum Gasteiger partial charge on any atom is 0.289 e. The van der Waals surface area contributed by atoms with Crippen molar-refractivity contribution in [1.29, 1.82) is 5.41 Å². The van der Waals surface area contributed by atoms with Crippen LogP contribution in [-0.2, 0) is 4.74 Å². The Bertz CT molecular complexity index is 1140. The minimum Gasteiger partial charge on any atom is -0.463 e. The Morgan fingerprint density at radius 1 is 0.969 bits per heavy atom. The van der Waals surface area contributed by atoms with Gasteiger partial charge in [0.2, 0.25) is 0 Å². The van der Waals surface area contributed by atoms with E-state index in [1.165, 1.54) is 24.7 Å². The first-order chi connectivity index (χ1) is 15.0. The Morgan fingerprint density at radius 2 is 1.62 bits per heavy atom. The van der Waals surface area contributed by atoms with Crippen LogP contribution >= 0.6 is 24.0 Å². The monoisotopic (exact) mass is 473 g/mol. The summed E-state index contributed by atoms with van der Waals surface area (Å²) in [6.45, 7) is 1.05. The molecular formula is C20H17Cl2N7O3. The van der Waals surface area contributed by atoms with E-state index >= 15 is 0 Å². The van der Waals surface area contributed by atoms with Gasteiger partial charge < -0.3 is 15.4 Å². The first kappa shape index (κ1) is 22.9. The third-order valence-corrected chi connectivity index (χ3v) is 4.56. The van der Waals surface area contributed by atoms with Crippen LogP contribution in [0, 0.1) is 5.41 Å². The molecule has 1 saturated heterocycles. The van der Waals surface area contributed by atoms with Crippen molar-refractivity contribution in [3.05, 3.63) is 71.4 Å². The number of amidine groups is 1. The van der Waals surface area contributed by atoms with Gasteiger partial charge >= 0.3 is 0 Å². The number of nitrogens with one attached hydrogen (secondary N) is 3. The number of ether oxygens (including phenoxy) is 1. The van der Waals surface area contributed by atoms with Gasteiger partial charge in [-0.2, -0.15) is 0 Å². The second-order valence-electron chi connectivity index (χ2n) is 6.38. The Morgan fingerprint density at radius 3 is 2.19 bits per heavy atom. The highest BCUT2D eigenvalue weighted by Crippen LogP contribution is 2.21. The molecule has 2 amide bonds. The summed E-state index contributed by atoms with van der Waals surface area (Å²) in [4.78, 5) is 39.0. The third-order valence-electron chi connectivity index (χ3n) is 4.33. The number of halogens is 2. The van der Waals surface area contributed by atoms with Crippen LogP contribution in [0.5, 0.6) is 0 Å². The highest BCUT2D eigenvalue weighted by molar-refractivity contribution is 6.30. The quantitative estimate of drug-likeness (QED) is 0.517. The molecule has 3 N–H and O–H groups in total. The van der Waals surface area contributed by atoms with Gasteiger partial charge in [0.15, 0.2) is 11.4 Å².